The van der Waals surface area contributed by atoms with E-state index in [4.69, 9.17) is 0 Å². The Kier molecular flexibility index (Phi) is 4.58. The topological polar surface area (TPSA) is 41.1 Å². The van der Waals surface area contributed by atoms with Crippen molar-refractivity contribution in [2.24, 2.45) is 5.92 Å². The van der Waals surface area contributed by atoms with E-state index >= 15 is 0 Å². The van der Waals surface area contributed by atoms with Crippen LogP contribution in [-0.4, -0.2) is 6.03 Å². The lowest BCUT2D eigenvalue weighted by atomic mass is 10.2. The number of urea groups is 1. The van der Waals surface area contributed by atoms with Crippen LogP contribution in [0.25, 0.3) is 0 Å². The van der Waals surface area contributed by atoms with Crippen molar-refractivity contribution < 1.29 is 4.79 Å². The van der Waals surface area contributed by atoms with Gasteiger partial charge in [-0.15, -0.1) is 0 Å². The van der Waals surface area contributed by atoms with E-state index in [1.807, 2.05) is 37.3 Å². The Hall–Kier alpha value is -1.77. The third kappa shape index (κ3) is 4.64. The van der Waals surface area contributed by atoms with E-state index in [0.29, 0.717) is 5.92 Å². The normalized spacial score (nSPS) is 10.8. The van der Waals surface area contributed by atoms with Gasteiger partial charge in [0, 0.05) is 11.9 Å². The van der Waals surface area contributed by atoms with Crippen molar-refractivity contribution in [2.75, 3.05) is 5.32 Å². The molecule has 0 unspecified atom stereocenters. The van der Waals surface area contributed by atoms with Gasteiger partial charge in [0.15, 0.2) is 0 Å². The molecule has 3 heteroatoms. The molecule has 86 valence electrons. The second-order valence-electron chi connectivity index (χ2n) is 4.07. The molecule has 0 radical (unpaired) electrons. The Morgan fingerprint density at radius 1 is 1.25 bits per heavy atom. The second-order valence-corrected chi connectivity index (χ2v) is 4.07. The molecule has 0 aliphatic carbocycles. The predicted octanol–water partition coefficient (Wildman–Crippen LogP) is 3.29. The molecule has 0 spiro atoms. The highest BCUT2D eigenvalue weighted by Crippen LogP contribution is 2.07. The van der Waals surface area contributed by atoms with Gasteiger partial charge < -0.3 is 10.6 Å². The summed E-state index contributed by atoms with van der Waals surface area (Å²) in [7, 11) is 0. The maximum Gasteiger partial charge on any atom is 0.323 e. The quantitative estimate of drug-likeness (QED) is 0.803. The van der Waals surface area contributed by atoms with Gasteiger partial charge in [0.25, 0.3) is 0 Å². The third-order valence-electron chi connectivity index (χ3n) is 2.00. The molecule has 0 atom stereocenters. The lowest BCUT2D eigenvalue weighted by Gasteiger charge is -2.04. The summed E-state index contributed by atoms with van der Waals surface area (Å²) in [6, 6.07) is 7.45. The third-order valence-corrected chi connectivity index (χ3v) is 2.00. The molecule has 0 saturated heterocycles. The van der Waals surface area contributed by atoms with Crippen LogP contribution in [0, 0.1) is 12.8 Å². The van der Waals surface area contributed by atoms with Gasteiger partial charge in [0.2, 0.25) is 0 Å². The molecule has 2 amide bonds. The maximum atomic E-state index is 11.4. The molecule has 2 N–H and O–H groups in total. The Bertz CT molecular complexity index is 366. The Morgan fingerprint density at radius 3 is 2.44 bits per heavy atom. The monoisotopic (exact) mass is 218 g/mol. The highest BCUT2D eigenvalue weighted by Gasteiger charge is 1.97. The van der Waals surface area contributed by atoms with Crippen LogP contribution < -0.4 is 10.6 Å². The number of aryl methyl sites for hydroxylation is 1. The summed E-state index contributed by atoms with van der Waals surface area (Å²) >= 11 is 0. The van der Waals surface area contributed by atoms with E-state index in [2.05, 4.69) is 24.5 Å². The Labute approximate surface area is 96.6 Å². The molecule has 1 aromatic rings. The van der Waals surface area contributed by atoms with Crippen LogP contribution in [0.5, 0.6) is 0 Å². The van der Waals surface area contributed by atoms with E-state index < -0.39 is 0 Å². The molecule has 0 heterocycles. The molecule has 0 bridgehead atoms. The average Bonchev–Trinajstić information content (AvgIpc) is 2.21. The Balaban J connectivity index is 2.43. The van der Waals surface area contributed by atoms with Gasteiger partial charge in [-0.1, -0.05) is 37.6 Å². The molecule has 16 heavy (non-hydrogen) atoms. The predicted molar refractivity (Wildman–Crippen MR) is 67.3 cm³/mol. The molecule has 1 aromatic carbocycles. The molecule has 0 aliphatic rings. The van der Waals surface area contributed by atoms with Gasteiger partial charge in [0.05, 0.1) is 0 Å². The van der Waals surface area contributed by atoms with E-state index in [9.17, 15) is 4.79 Å². The van der Waals surface area contributed by atoms with Gasteiger partial charge in [0.1, 0.15) is 0 Å². The average molecular weight is 218 g/mol. The zero-order valence-electron chi connectivity index (χ0n) is 9.95. The number of carbonyl (C=O) groups excluding carboxylic acids is 1. The van der Waals surface area contributed by atoms with Crippen LogP contribution in [0.4, 0.5) is 10.5 Å². The highest BCUT2D eigenvalue weighted by atomic mass is 16.2. The number of hydrogen-bond acceptors (Lipinski definition) is 1. The molecule has 0 aliphatic heterocycles. The Morgan fingerprint density at radius 2 is 1.88 bits per heavy atom. The molecular weight excluding hydrogens is 200 g/mol. The zero-order chi connectivity index (χ0) is 12.0. The van der Waals surface area contributed by atoms with Crippen LogP contribution in [0.1, 0.15) is 19.4 Å². The van der Waals surface area contributed by atoms with Crippen LogP contribution in [-0.2, 0) is 0 Å². The SMILES string of the molecule is Cc1ccc(NC(=O)N/C=C/C(C)C)cc1. The first-order valence-electron chi connectivity index (χ1n) is 5.39. The first-order chi connectivity index (χ1) is 7.58. The molecule has 3 nitrogen and oxygen atoms in total. The smallest absolute Gasteiger partial charge is 0.315 e. The molecule has 0 aromatic heterocycles. The summed E-state index contributed by atoms with van der Waals surface area (Å²) < 4.78 is 0. The van der Waals surface area contributed by atoms with Gasteiger partial charge in [-0.2, -0.15) is 0 Å². The van der Waals surface area contributed by atoms with Crippen molar-refractivity contribution in [2.45, 2.75) is 20.8 Å². The largest absolute Gasteiger partial charge is 0.323 e. The number of allylic oxidation sites excluding steroid dienone is 1. The fraction of sp³-hybridized carbons (Fsp3) is 0.308. The van der Waals surface area contributed by atoms with Crippen molar-refractivity contribution in [1.29, 1.82) is 0 Å². The summed E-state index contributed by atoms with van der Waals surface area (Å²) in [5.41, 5.74) is 1.96. The van der Waals surface area contributed by atoms with Crippen LogP contribution in [0.2, 0.25) is 0 Å². The van der Waals surface area contributed by atoms with Crippen molar-refractivity contribution in [3.8, 4) is 0 Å². The van der Waals surface area contributed by atoms with Crippen LogP contribution in [0.15, 0.2) is 36.5 Å². The van der Waals surface area contributed by atoms with E-state index in [1.165, 1.54) is 5.56 Å². The standard InChI is InChI=1S/C13H18N2O/c1-10(2)8-9-14-13(16)15-12-6-4-11(3)5-7-12/h4-10H,1-3H3,(H2,14,15,16)/b9-8+. The van der Waals surface area contributed by atoms with Gasteiger partial charge in [-0.25, -0.2) is 4.79 Å². The van der Waals surface area contributed by atoms with E-state index in [0.717, 1.165) is 5.69 Å². The number of rotatable bonds is 3. The number of nitrogens with one attached hydrogen (secondary N) is 2. The number of carbonyl (C=O) groups is 1. The minimum absolute atomic E-state index is 0.222. The lowest BCUT2D eigenvalue weighted by Crippen LogP contribution is -2.23. The first-order valence-corrected chi connectivity index (χ1v) is 5.39. The minimum Gasteiger partial charge on any atom is -0.315 e. The zero-order valence-corrected chi connectivity index (χ0v) is 9.95. The molecule has 0 fully saturated rings. The molecule has 0 saturated carbocycles. The van der Waals surface area contributed by atoms with Crippen molar-refractivity contribution in [1.82, 2.24) is 5.32 Å². The number of benzene rings is 1. The molecule has 1 rings (SSSR count). The van der Waals surface area contributed by atoms with Crippen molar-refractivity contribution in [3.63, 3.8) is 0 Å². The van der Waals surface area contributed by atoms with Crippen molar-refractivity contribution >= 4 is 11.7 Å². The van der Waals surface area contributed by atoms with Gasteiger partial charge in [-0.05, 0) is 25.0 Å². The summed E-state index contributed by atoms with van der Waals surface area (Å²) in [5, 5.41) is 5.39. The van der Waals surface area contributed by atoms with Gasteiger partial charge in [-0.3, -0.25) is 0 Å². The number of anilines is 1. The number of hydrogen-bond donors (Lipinski definition) is 2. The minimum atomic E-state index is -0.222. The summed E-state index contributed by atoms with van der Waals surface area (Å²) in [4.78, 5) is 11.4. The maximum absolute atomic E-state index is 11.4. The van der Waals surface area contributed by atoms with E-state index in [1.54, 1.807) is 6.20 Å². The van der Waals surface area contributed by atoms with Crippen LogP contribution >= 0.6 is 0 Å². The highest BCUT2D eigenvalue weighted by molar-refractivity contribution is 5.89. The second kappa shape index (κ2) is 5.95. The fourth-order valence-corrected chi connectivity index (χ4v) is 1.12. The molecular formula is C13H18N2O. The first kappa shape index (κ1) is 12.3. The summed E-state index contributed by atoms with van der Waals surface area (Å²) in [5.74, 6) is 0.430. The number of amides is 2. The van der Waals surface area contributed by atoms with Gasteiger partial charge >= 0.3 is 6.03 Å². The fourth-order valence-electron chi connectivity index (χ4n) is 1.12. The summed E-state index contributed by atoms with van der Waals surface area (Å²) in [6.07, 6.45) is 3.59. The van der Waals surface area contributed by atoms with E-state index in [-0.39, 0.29) is 6.03 Å². The van der Waals surface area contributed by atoms with Crippen molar-refractivity contribution in [3.05, 3.63) is 42.1 Å². The van der Waals surface area contributed by atoms with Crippen LogP contribution in [0.3, 0.4) is 0 Å². The summed E-state index contributed by atoms with van der Waals surface area (Å²) in [6.45, 7) is 6.11. The lowest BCUT2D eigenvalue weighted by molar-refractivity contribution is 0.255.